The van der Waals surface area contributed by atoms with E-state index in [0.717, 1.165) is 5.56 Å². The van der Waals surface area contributed by atoms with Crippen LogP contribution in [0.5, 0.6) is 0 Å². The SMILES string of the molecule is CCOC(=O)C[C@H](C)[C@H](NC(=O)C[C@@H](O)CNC(=O)OCc1ccccc1)C(N)=O. The molecule has 10 nitrogen and oxygen atoms in total. The second-order valence-corrected chi connectivity index (χ2v) is 6.73. The van der Waals surface area contributed by atoms with Crippen molar-refractivity contribution in [2.45, 2.75) is 45.4 Å². The molecule has 0 heterocycles. The lowest BCUT2D eigenvalue weighted by atomic mass is 9.97. The third kappa shape index (κ3) is 9.87. The average Bonchev–Trinajstić information content (AvgIpc) is 2.69. The van der Waals surface area contributed by atoms with E-state index < -0.39 is 41.9 Å². The number of nitrogens with one attached hydrogen (secondary N) is 2. The lowest BCUT2D eigenvalue weighted by molar-refractivity contribution is -0.145. The molecule has 1 aromatic rings. The van der Waals surface area contributed by atoms with Crippen molar-refractivity contribution in [1.82, 2.24) is 10.6 Å². The Balaban J connectivity index is 2.39. The molecule has 166 valence electrons. The van der Waals surface area contributed by atoms with Gasteiger partial charge in [0.15, 0.2) is 0 Å². The first-order valence-corrected chi connectivity index (χ1v) is 9.59. The molecule has 0 aliphatic heterocycles. The number of benzene rings is 1. The molecule has 0 bridgehead atoms. The molecule has 0 fully saturated rings. The molecular formula is C20H29N3O7. The van der Waals surface area contributed by atoms with E-state index in [4.69, 9.17) is 15.2 Å². The zero-order chi connectivity index (χ0) is 22.5. The first-order valence-electron chi connectivity index (χ1n) is 9.59. The number of rotatable bonds is 12. The van der Waals surface area contributed by atoms with Gasteiger partial charge < -0.3 is 30.9 Å². The molecule has 0 saturated carbocycles. The minimum atomic E-state index is -1.21. The van der Waals surface area contributed by atoms with Gasteiger partial charge in [0.05, 0.1) is 25.6 Å². The van der Waals surface area contributed by atoms with Crippen LogP contribution in [0.25, 0.3) is 0 Å². The number of ether oxygens (including phenoxy) is 2. The van der Waals surface area contributed by atoms with Gasteiger partial charge in [-0.05, 0) is 18.4 Å². The maximum atomic E-state index is 12.1. The molecule has 0 aliphatic rings. The van der Waals surface area contributed by atoms with E-state index in [-0.39, 0.29) is 32.6 Å². The highest BCUT2D eigenvalue weighted by atomic mass is 16.5. The molecule has 0 aromatic heterocycles. The molecule has 0 saturated heterocycles. The lowest BCUT2D eigenvalue weighted by Gasteiger charge is -2.22. The molecule has 3 atom stereocenters. The van der Waals surface area contributed by atoms with Crippen molar-refractivity contribution >= 4 is 23.9 Å². The second kappa shape index (κ2) is 13.2. The Morgan fingerprint density at radius 3 is 2.37 bits per heavy atom. The molecule has 0 unspecified atom stereocenters. The Kier molecular flexibility index (Phi) is 10.9. The lowest BCUT2D eigenvalue weighted by Crippen LogP contribution is -2.50. The number of esters is 1. The molecule has 0 radical (unpaired) electrons. The van der Waals surface area contributed by atoms with Gasteiger partial charge in [-0.15, -0.1) is 0 Å². The highest BCUT2D eigenvalue weighted by molar-refractivity contribution is 5.87. The van der Waals surface area contributed by atoms with Gasteiger partial charge in [0.1, 0.15) is 12.6 Å². The van der Waals surface area contributed by atoms with Crippen LogP contribution in [0.2, 0.25) is 0 Å². The summed E-state index contributed by atoms with van der Waals surface area (Å²) in [6.07, 6.45) is -2.42. The van der Waals surface area contributed by atoms with E-state index in [1.165, 1.54) is 0 Å². The first-order chi connectivity index (χ1) is 14.2. The normalized spacial score (nSPS) is 13.4. The van der Waals surface area contributed by atoms with Crippen LogP contribution in [-0.4, -0.2) is 54.3 Å². The summed E-state index contributed by atoms with van der Waals surface area (Å²) in [6.45, 7) is 3.28. The molecule has 3 amide bonds. The molecule has 1 rings (SSSR count). The van der Waals surface area contributed by atoms with Gasteiger partial charge in [-0.2, -0.15) is 0 Å². The number of aliphatic hydroxyl groups is 1. The van der Waals surface area contributed by atoms with Crippen LogP contribution in [0, 0.1) is 5.92 Å². The number of alkyl carbamates (subject to hydrolysis) is 1. The molecule has 1 aromatic carbocycles. The first kappa shape index (κ1) is 24.9. The molecule has 5 N–H and O–H groups in total. The minimum absolute atomic E-state index is 0.0713. The van der Waals surface area contributed by atoms with Crippen molar-refractivity contribution in [2.75, 3.05) is 13.2 Å². The summed E-state index contributed by atoms with van der Waals surface area (Å²) in [4.78, 5) is 47.0. The minimum Gasteiger partial charge on any atom is -0.466 e. The van der Waals surface area contributed by atoms with Crippen LogP contribution < -0.4 is 16.4 Å². The summed E-state index contributed by atoms with van der Waals surface area (Å²) in [5.74, 6) is -2.56. The predicted molar refractivity (Wildman–Crippen MR) is 107 cm³/mol. The zero-order valence-corrected chi connectivity index (χ0v) is 17.1. The Bertz CT molecular complexity index is 712. The van der Waals surface area contributed by atoms with Crippen molar-refractivity contribution in [1.29, 1.82) is 0 Å². The highest BCUT2D eigenvalue weighted by Crippen LogP contribution is 2.10. The second-order valence-electron chi connectivity index (χ2n) is 6.73. The smallest absolute Gasteiger partial charge is 0.407 e. The Morgan fingerprint density at radius 2 is 1.77 bits per heavy atom. The molecule has 0 spiro atoms. The summed E-state index contributed by atoms with van der Waals surface area (Å²) in [6, 6.07) is 7.95. The standard InChI is InChI=1S/C20H29N3O7/c1-3-29-17(26)9-13(2)18(19(21)27)23-16(25)10-15(24)11-22-20(28)30-12-14-7-5-4-6-8-14/h4-8,13,15,18,24H,3,9-12H2,1-2H3,(H2,21,27)(H,22,28)(H,23,25)/t13-,15+,18-/m0/s1. The third-order valence-corrected chi connectivity index (χ3v) is 4.10. The van der Waals surface area contributed by atoms with Crippen LogP contribution in [0.1, 0.15) is 32.3 Å². The maximum absolute atomic E-state index is 12.1. The van der Waals surface area contributed by atoms with Crippen LogP contribution in [0.15, 0.2) is 30.3 Å². The average molecular weight is 423 g/mol. The van der Waals surface area contributed by atoms with E-state index in [0.29, 0.717) is 0 Å². The fourth-order valence-electron chi connectivity index (χ4n) is 2.59. The summed E-state index contributed by atoms with van der Waals surface area (Å²) in [5, 5.41) is 14.7. The van der Waals surface area contributed by atoms with Crippen molar-refractivity contribution < 1.29 is 33.8 Å². The van der Waals surface area contributed by atoms with Crippen molar-refractivity contribution in [3.8, 4) is 0 Å². The fraction of sp³-hybridized carbons (Fsp3) is 0.500. The van der Waals surface area contributed by atoms with Crippen LogP contribution >= 0.6 is 0 Å². The molecule has 10 heteroatoms. The zero-order valence-electron chi connectivity index (χ0n) is 17.1. The van der Waals surface area contributed by atoms with Gasteiger partial charge in [-0.3, -0.25) is 14.4 Å². The summed E-state index contributed by atoms with van der Waals surface area (Å²) in [5.41, 5.74) is 6.11. The van der Waals surface area contributed by atoms with Crippen molar-refractivity contribution in [3.63, 3.8) is 0 Å². The van der Waals surface area contributed by atoms with E-state index in [9.17, 15) is 24.3 Å². The summed E-state index contributed by atoms with van der Waals surface area (Å²) < 4.78 is 9.82. The van der Waals surface area contributed by atoms with E-state index in [2.05, 4.69) is 10.6 Å². The molecule has 30 heavy (non-hydrogen) atoms. The number of nitrogens with two attached hydrogens (primary N) is 1. The van der Waals surface area contributed by atoms with Gasteiger partial charge in [0, 0.05) is 6.54 Å². The number of carbonyl (C=O) groups is 4. The largest absolute Gasteiger partial charge is 0.466 e. The van der Waals surface area contributed by atoms with Crippen molar-refractivity contribution in [3.05, 3.63) is 35.9 Å². The number of hydrogen-bond donors (Lipinski definition) is 4. The van der Waals surface area contributed by atoms with Crippen molar-refractivity contribution in [2.24, 2.45) is 11.7 Å². The van der Waals surface area contributed by atoms with Crippen LogP contribution in [0.4, 0.5) is 4.79 Å². The summed E-state index contributed by atoms with van der Waals surface area (Å²) in [7, 11) is 0. The quantitative estimate of drug-likeness (QED) is 0.350. The number of aliphatic hydroxyl groups excluding tert-OH is 1. The monoisotopic (exact) mass is 423 g/mol. The third-order valence-electron chi connectivity index (χ3n) is 4.10. The highest BCUT2D eigenvalue weighted by Gasteiger charge is 2.27. The number of amides is 3. The fourth-order valence-corrected chi connectivity index (χ4v) is 2.59. The topological polar surface area (TPSA) is 157 Å². The van der Waals surface area contributed by atoms with Gasteiger partial charge in [-0.25, -0.2) is 4.79 Å². The number of carbonyl (C=O) groups excluding carboxylic acids is 4. The van der Waals surface area contributed by atoms with Gasteiger partial charge in [-0.1, -0.05) is 37.3 Å². The Hall–Kier alpha value is -3.14. The number of primary amides is 1. The van der Waals surface area contributed by atoms with E-state index in [1.807, 2.05) is 18.2 Å². The van der Waals surface area contributed by atoms with Gasteiger partial charge >= 0.3 is 12.1 Å². The predicted octanol–water partition coefficient (Wildman–Crippen LogP) is 0.223. The molecule has 0 aliphatic carbocycles. The molecular weight excluding hydrogens is 394 g/mol. The van der Waals surface area contributed by atoms with E-state index >= 15 is 0 Å². The van der Waals surface area contributed by atoms with Gasteiger partial charge in [0.2, 0.25) is 11.8 Å². The number of hydrogen-bond acceptors (Lipinski definition) is 7. The summed E-state index contributed by atoms with van der Waals surface area (Å²) >= 11 is 0. The van der Waals surface area contributed by atoms with Crippen LogP contribution in [-0.2, 0) is 30.5 Å². The van der Waals surface area contributed by atoms with Gasteiger partial charge in [0.25, 0.3) is 0 Å². The van der Waals surface area contributed by atoms with Crippen LogP contribution in [0.3, 0.4) is 0 Å². The Labute approximate surface area is 175 Å². The maximum Gasteiger partial charge on any atom is 0.407 e. The Morgan fingerprint density at radius 1 is 1.10 bits per heavy atom. The van der Waals surface area contributed by atoms with E-state index in [1.54, 1.807) is 26.0 Å².